The van der Waals surface area contributed by atoms with Gasteiger partial charge < -0.3 is 9.09 Å². The Morgan fingerprint density at radius 3 is 2.75 bits per heavy atom. The zero-order valence-corrected chi connectivity index (χ0v) is 16.8. The van der Waals surface area contributed by atoms with Crippen LogP contribution in [0.5, 0.6) is 0 Å². The lowest BCUT2D eigenvalue weighted by molar-refractivity contribution is 0.364. The van der Waals surface area contributed by atoms with Gasteiger partial charge in [0.1, 0.15) is 29.2 Å². The van der Waals surface area contributed by atoms with Crippen LogP contribution in [-0.2, 0) is 13.1 Å². The second kappa shape index (κ2) is 7.08. The lowest BCUT2D eigenvalue weighted by atomic mass is 10.2. The van der Waals surface area contributed by atoms with Gasteiger partial charge in [0.15, 0.2) is 5.82 Å². The van der Waals surface area contributed by atoms with Gasteiger partial charge in [-0.2, -0.15) is 4.98 Å². The Bertz CT molecular complexity index is 1550. The van der Waals surface area contributed by atoms with Crippen LogP contribution in [0.4, 0.5) is 8.78 Å². The van der Waals surface area contributed by atoms with E-state index in [-0.39, 0.29) is 30.0 Å². The summed E-state index contributed by atoms with van der Waals surface area (Å²) in [5.41, 5.74) is 1.28. The predicted octanol–water partition coefficient (Wildman–Crippen LogP) is 3.99. The molecule has 0 bridgehead atoms. The summed E-state index contributed by atoms with van der Waals surface area (Å²) in [6.45, 7) is 0.169. The van der Waals surface area contributed by atoms with Gasteiger partial charge in [-0.3, -0.25) is 9.36 Å². The molecule has 1 fully saturated rings. The topological polar surface area (TPSA) is 78.7 Å². The zero-order valence-electron chi connectivity index (χ0n) is 16.8. The second-order valence-electron chi connectivity index (χ2n) is 8.03. The van der Waals surface area contributed by atoms with Crippen molar-refractivity contribution in [1.29, 1.82) is 0 Å². The molecule has 2 aromatic carbocycles. The molecule has 3 aromatic heterocycles. The minimum Gasteiger partial charge on any atom is -0.337 e. The molecule has 6 rings (SSSR count). The number of benzene rings is 2. The summed E-state index contributed by atoms with van der Waals surface area (Å²) in [6, 6.07) is 10.6. The standard InChI is InChI=1S/C23H17F2N5O2/c24-15-7-8-18-16(9-15)20-21(30(18)10-14-3-1-2-4-17(14)25)23(31)29(12-26-20)11-19-27-22(28-32-19)13-5-6-13/h1-4,7-9,12-13H,5-6,10-11H2. The highest BCUT2D eigenvalue weighted by Gasteiger charge is 2.29. The molecule has 32 heavy (non-hydrogen) atoms. The SMILES string of the molecule is O=c1c2c(ncn1Cc1nc(C3CC3)no1)c1cc(F)ccc1n2Cc1ccccc1F. The van der Waals surface area contributed by atoms with Crippen molar-refractivity contribution in [3.8, 4) is 0 Å². The van der Waals surface area contributed by atoms with E-state index < -0.39 is 5.82 Å². The summed E-state index contributed by atoms with van der Waals surface area (Å²) in [7, 11) is 0. The fraction of sp³-hybridized carbons (Fsp3) is 0.217. The number of halogens is 2. The highest BCUT2D eigenvalue weighted by atomic mass is 19.1. The smallest absolute Gasteiger partial charge is 0.278 e. The molecule has 0 N–H and O–H groups in total. The molecule has 0 unspecified atom stereocenters. The van der Waals surface area contributed by atoms with E-state index in [0.717, 1.165) is 12.8 Å². The van der Waals surface area contributed by atoms with Gasteiger partial charge in [0.25, 0.3) is 5.56 Å². The van der Waals surface area contributed by atoms with Crippen molar-refractivity contribution in [1.82, 2.24) is 24.3 Å². The van der Waals surface area contributed by atoms with Crippen LogP contribution in [0.1, 0.15) is 36.0 Å². The van der Waals surface area contributed by atoms with Gasteiger partial charge in [-0.1, -0.05) is 23.4 Å². The van der Waals surface area contributed by atoms with Crippen molar-refractivity contribution in [2.45, 2.75) is 31.8 Å². The molecule has 1 aliphatic rings. The largest absolute Gasteiger partial charge is 0.337 e. The molecule has 0 amide bonds. The van der Waals surface area contributed by atoms with Crippen LogP contribution in [0.3, 0.4) is 0 Å². The molecular formula is C23H17F2N5O2. The quantitative estimate of drug-likeness (QED) is 0.419. The maximum absolute atomic E-state index is 14.4. The summed E-state index contributed by atoms with van der Waals surface area (Å²) in [6.07, 6.45) is 3.47. The average Bonchev–Trinajstić information content (AvgIpc) is 3.46. The van der Waals surface area contributed by atoms with Crippen molar-refractivity contribution in [2.24, 2.45) is 0 Å². The van der Waals surface area contributed by atoms with E-state index in [0.29, 0.717) is 39.6 Å². The van der Waals surface area contributed by atoms with Crippen LogP contribution in [0.2, 0.25) is 0 Å². The Balaban J connectivity index is 1.52. The van der Waals surface area contributed by atoms with Gasteiger partial charge in [-0.25, -0.2) is 13.8 Å². The predicted molar refractivity (Wildman–Crippen MR) is 112 cm³/mol. The Labute approximate surface area is 179 Å². The van der Waals surface area contributed by atoms with Gasteiger partial charge in [0.2, 0.25) is 5.89 Å². The number of hydrogen-bond donors (Lipinski definition) is 0. The minimum atomic E-state index is -0.438. The maximum Gasteiger partial charge on any atom is 0.278 e. The molecule has 0 aliphatic heterocycles. The van der Waals surface area contributed by atoms with Gasteiger partial charge in [-0.05, 0) is 37.1 Å². The van der Waals surface area contributed by atoms with Crippen molar-refractivity contribution in [3.05, 3.63) is 88.1 Å². The van der Waals surface area contributed by atoms with Gasteiger partial charge in [0, 0.05) is 16.9 Å². The number of aromatic nitrogens is 5. The summed E-state index contributed by atoms with van der Waals surface area (Å²) in [5, 5.41) is 4.48. The molecule has 0 saturated heterocycles. The molecule has 3 heterocycles. The summed E-state index contributed by atoms with van der Waals surface area (Å²) < 4.78 is 36.7. The molecule has 0 radical (unpaired) electrons. The zero-order chi connectivity index (χ0) is 21.8. The maximum atomic E-state index is 14.4. The Morgan fingerprint density at radius 1 is 1.09 bits per heavy atom. The summed E-state index contributed by atoms with van der Waals surface area (Å²) in [4.78, 5) is 22.3. The van der Waals surface area contributed by atoms with Crippen LogP contribution in [0.25, 0.3) is 21.9 Å². The Kier molecular flexibility index (Phi) is 4.17. The lowest BCUT2D eigenvalue weighted by Crippen LogP contribution is -2.23. The highest BCUT2D eigenvalue weighted by molar-refractivity contribution is 6.05. The third-order valence-corrected chi connectivity index (χ3v) is 5.81. The van der Waals surface area contributed by atoms with Crippen molar-refractivity contribution in [3.63, 3.8) is 0 Å². The first-order chi connectivity index (χ1) is 15.6. The Hall–Kier alpha value is -3.88. The Morgan fingerprint density at radius 2 is 1.94 bits per heavy atom. The van der Waals surface area contributed by atoms with Crippen LogP contribution >= 0.6 is 0 Å². The second-order valence-corrected chi connectivity index (χ2v) is 8.03. The van der Waals surface area contributed by atoms with Crippen LogP contribution in [0, 0.1) is 11.6 Å². The summed E-state index contributed by atoms with van der Waals surface area (Å²) >= 11 is 0. The minimum absolute atomic E-state index is 0.0665. The van der Waals surface area contributed by atoms with Gasteiger partial charge in [-0.15, -0.1) is 0 Å². The van der Waals surface area contributed by atoms with E-state index in [9.17, 15) is 13.6 Å². The molecule has 9 heteroatoms. The van der Waals surface area contributed by atoms with E-state index in [2.05, 4.69) is 15.1 Å². The summed E-state index contributed by atoms with van der Waals surface area (Å²) in [5.74, 6) is 0.492. The number of hydrogen-bond acceptors (Lipinski definition) is 5. The van der Waals surface area contributed by atoms with Gasteiger partial charge >= 0.3 is 0 Å². The average molecular weight is 433 g/mol. The number of rotatable bonds is 5. The van der Waals surface area contributed by atoms with Crippen molar-refractivity contribution in [2.75, 3.05) is 0 Å². The molecule has 160 valence electrons. The fourth-order valence-electron chi connectivity index (χ4n) is 4.03. The molecular weight excluding hydrogens is 416 g/mol. The molecule has 1 aliphatic carbocycles. The third-order valence-electron chi connectivity index (χ3n) is 5.81. The van der Waals surface area contributed by atoms with Crippen molar-refractivity contribution < 1.29 is 13.3 Å². The van der Waals surface area contributed by atoms with E-state index in [4.69, 9.17) is 4.52 Å². The normalized spacial score (nSPS) is 13.9. The van der Waals surface area contributed by atoms with Crippen LogP contribution in [-0.4, -0.2) is 24.3 Å². The van der Waals surface area contributed by atoms with E-state index in [1.165, 1.54) is 29.1 Å². The first kappa shape index (κ1) is 18.9. The van der Waals surface area contributed by atoms with E-state index in [1.54, 1.807) is 28.8 Å². The molecule has 1 saturated carbocycles. The molecule has 7 nitrogen and oxygen atoms in total. The van der Waals surface area contributed by atoms with Crippen LogP contribution < -0.4 is 5.56 Å². The van der Waals surface area contributed by atoms with E-state index in [1.807, 2.05) is 0 Å². The number of fused-ring (bicyclic) bond motifs is 3. The third kappa shape index (κ3) is 3.08. The molecule has 0 spiro atoms. The first-order valence-electron chi connectivity index (χ1n) is 10.3. The highest BCUT2D eigenvalue weighted by Crippen LogP contribution is 2.38. The van der Waals surface area contributed by atoms with E-state index >= 15 is 0 Å². The molecule has 5 aromatic rings. The first-order valence-corrected chi connectivity index (χ1v) is 10.3. The number of nitrogens with zero attached hydrogens (tertiary/aromatic N) is 5. The van der Waals surface area contributed by atoms with Gasteiger partial charge in [0.05, 0.1) is 18.4 Å². The lowest BCUT2D eigenvalue weighted by Gasteiger charge is -2.09. The molecule has 0 atom stereocenters. The fourth-order valence-corrected chi connectivity index (χ4v) is 4.03. The monoisotopic (exact) mass is 433 g/mol. The van der Waals surface area contributed by atoms with Crippen LogP contribution in [0.15, 0.2) is 58.1 Å². The van der Waals surface area contributed by atoms with Crippen molar-refractivity contribution >= 4 is 21.9 Å².